The van der Waals surface area contributed by atoms with Crippen LogP contribution >= 0.6 is 0 Å². The summed E-state index contributed by atoms with van der Waals surface area (Å²) in [5.74, 6) is 0.502. The van der Waals surface area contributed by atoms with E-state index in [9.17, 15) is 5.11 Å². The van der Waals surface area contributed by atoms with Crippen LogP contribution in [0.25, 0.3) is 16.7 Å². The van der Waals surface area contributed by atoms with Crippen molar-refractivity contribution in [1.29, 1.82) is 0 Å². The molecule has 20 heavy (non-hydrogen) atoms. The predicted molar refractivity (Wildman–Crippen MR) is 79.4 cm³/mol. The average molecular weight is 267 g/mol. The van der Waals surface area contributed by atoms with Crippen LogP contribution < -0.4 is 0 Å². The normalized spacial score (nSPS) is 11.4. The van der Waals surface area contributed by atoms with Gasteiger partial charge >= 0.3 is 0 Å². The second-order valence-electron chi connectivity index (χ2n) is 5.35. The zero-order chi connectivity index (χ0) is 14.3. The maximum absolute atomic E-state index is 10.4. The van der Waals surface area contributed by atoms with Gasteiger partial charge in [-0.3, -0.25) is 0 Å². The Kier molecular flexibility index (Phi) is 2.93. The van der Waals surface area contributed by atoms with Crippen molar-refractivity contribution in [3.63, 3.8) is 0 Å². The second kappa shape index (κ2) is 4.63. The summed E-state index contributed by atoms with van der Waals surface area (Å²) in [5, 5.41) is 19.3. The first kappa shape index (κ1) is 12.7. The van der Waals surface area contributed by atoms with E-state index in [0.29, 0.717) is 5.69 Å². The Bertz CT molecular complexity index is 774. The Balaban J connectivity index is 2.18. The molecule has 4 nitrogen and oxygen atoms in total. The van der Waals surface area contributed by atoms with Crippen LogP contribution in [-0.2, 0) is 0 Å². The molecule has 0 saturated heterocycles. The van der Waals surface area contributed by atoms with E-state index >= 15 is 0 Å². The van der Waals surface area contributed by atoms with Crippen LogP contribution in [0.1, 0.15) is 30.9 Å². The van der Waals surface area contributed by atoms with Gasteiger partial charge in [-0.05, 0) is 42.2 Å². The summed E-state index contributed by atoms with van der Waals surface area (Å²) in [7, 11) is 0. The lowest BCUT2D eigenvalue weighted by atomic mass is 10.0. The topological polar surface area (TPSA) is 50.9 Å². The number of phenolic OH excluding ortho intramolecular Hbond substituents is 1. The molecule has 2 aromatic carbocycles. The quantitative estimate of drug-likeness (QED) is 0.772. The first-order chi connectivity index (χ1) is 9.56. The van der Waals surface area contributed by atoms with Gasteiger partial charge in [0.1, 0.15) is 22.5 Å². The predicted octanol–water partition coefficient (Wildman–Crippen LogP) is 3.56. The smallest absolute Gasteiger partial charge is 0.146 e. The van der Waals surface area contributed by atoms with Crippen molar-refractivity contribution >= 4 is 11.0 Å². The summed E-state index contributed by atoms with van der Waals surface area (Å²) in [4.78, 5) is 1.51. The third-order valence-corrected chi connectivity index (χ3v) is 3.42. The van der Waals surface area contributed by atoms with Gasteiger partial charge in [-0.15, -0.1) is 15.0 Å². The maximum atomic E-state index is 10.4. The molecule has 1 heterocycles. The highest BCUT2D eigenvalue weighted by Crippen LogP contribution is 2.31. The number of fused-ring (bicyclic) bond motifs is 1. The van der Waals surface area contributed by atoms with Gasteiger partial charge in [-0.1, -0.05) is 32.0 Å². The fourth-order valence-electron chi connectivity index (χ4n) is 2.31. The van der Waals surface area contributed by atoms with Gasteiger partial charge in [-0.25, -0.2) is 0 Å². The SMILES string of the molecule is Cc1ccc2nn(-c3cccc(C(C)C)c3O)nc2c1. The summed E-state index contributed by atoms with van der Waals surface area (Å²) in [6.45, 7) is 6.12. The number of hydrogen-bond donors (Lipinski definition) is 1. The fraction of sp³-hybridized carbons (Fsp3) is 0.250. The van der Waals surface area contributed by atoms with Crippen LogP contribution in [0.4, 0.5) is 0 Å². The Morgan fingerprint density at radius 3 is 2.55 bits per heavy atom. The molecule has 1 aromatic heterocycles. The largest absolute Gasteiger partial charge is 0.505 e. The molecule has 1 N–H and O–H groups in total. The number of nitrogens with zero attached hydrogens (tertiary/aromatic N) is 3. The number of aromatic hydroxyl groups is 1. The van der Waals surface area contributed by atoms with E-state index in [-0.39, 0.29) is 11.7 Å². The standard InChI is InChI=1S/C16H17N3O/c1-10(2)12-5-4-6-15(16(12)20)19-17-13-8-7-11(3)9-14(13)18-19/h4-10,20H,1-3H3. The van der Waals surface area contributed by atoms with E-state index in [1.54, 1.807) is 0 Å². The van der Waals surface area contributed by atoms with E-state index in [2.05, 4.69) is 24.0 Å². The molecule has 102 valence electrons. The minimum atomic E-state index is 0.250. The number of hydrogen-bond acceptors (Lipinski definition) is 3. The van der Waals surface area contributed by atoms with Gasteiger partial charge in [-0.2, -0.15) is 0 Å². The van der Waals surface area contributed by atoms with Gasteiger partial charge in [0, 0.05) is 0 Å². The molecular weight excluding hydrogens is 250 g/mol. The van der Waals surface area contributed by atoms with E-state index in [1.165, 1.54) is 4.80 Å². The van der Waals surface area contributed by atoms with Crippen molar-refractivity contribution in [3.8, 4) is 11.4 Å². The van der Waals surface area contributed by atoms with Crippen molar-refractivity contribution in [2.24, 2.45) is 0 Å². The highest BCUT2D eigenvalue weighted by molar-refractivity contribution is 5.74. The summed E-state index contributed by atoms with van der Waals surface area (Å²) in [5.41, 5.74) is 4.32. The molecule has 0 unspecified atom stereocenters. The van der Waals surface area contributed by atoms with Crippen LogP contribution in [0.2, 0.25) is 0 Å². The number of rotatable bonds is 2. The first-order valence-electron chi connectivity index (χ1n) is 6.72. The lowest BCUT2D eigenvalue weighted by molar-refractivity contribution is 0.457. The number of phenols is 1. The molecular formula is C16H17N3O. The zero-order valence-corrected chi connectivity index (χ0v) is 11.8. The van der Waals surface area contributed by atoms with E-state index in [0.717, 1.165) is 22.2 Å². The average Bonchev–Trinajstić information content (AvgIpc) is 2.81. The van der Waals surface area contributed by atoms with Crippen LogP contribution in [0.3, 0.4) is 0 Å². The number of aryl methyl sites for hydroxylation is 1. The second-order valence-corrected chi connectivity index (χ2v) is 5.35. The Morgan fingerprint density at radius 2 is 1.80 bits per heavy atom. The molecule has 0 atom stereocenters. The Morgan fingerprint density at radius 1 is 1.05 bits per heavy atom. The molecule has 0 aliphatic rings. The van der Waals surface area contributed by atoms with Crippen LogP contribution in [-0.4, -0.2) is 20.1 Å². The summed E-state index contributed by atoms with van der Waals surface area (Å²) >= 11 is 0. The van der Waals surface area contributed by atoms with Gasteiger partial charge < -0.3 is 5.11 Å². The van der Waals surface area contributed by atoms with Crippen LogP contribution in [0.5, 0.6) is 5.75 Å². The molecule has 0 fully saturated rings. The fourth-order valence-corrected chi connectivity index (χ4v) is 2.31. The zero-order valence-electron chi connectivity index (χ0n) is 11.8. The van der Waals surface area contributed by atoms with Gasteiger partial charge in [0.25, 0.3) is 0 Å². The maximum Gasteiger partial charge on any atom is 0.146 e. The van der Waals surface area contributed by atoms with Crippen molar-refractivity contribution in [2.45, 2.75) is 26.7 Å². The molecule has 3 aromatic rings. The summed E-state index contributed by atoms with van der Waals surface area (Å²) < 4.78 is 0. The number of aromatic nitrogens is 3. The van der Waals surface area contributed by atoms with Crippen LogP contribution in [0.15, 0.2) is 36.4 Å². The van der Waals surface area contributed by atoms with E-state index < -0.39 is 0 Å². The minimum Gasteiger partial charge on any atom is -0.505 e. The molecule has 0 saturated carbocycles. The highest BCUT2D eigenvalue weighted by Gasteiger charge is 2.13. The monoisotopic (exact) mass is 267 g/mol. The van der Waals surface area contributed by atoms with Crippen molar-refractivity contribution < 1.29 is 5.11 Å². The molecule has 0 spiro atoms. The lowest BCUT2D eigenvalue weighted by Gasteiger charge is -2.11. The summed E-state index contributed by atoms with van der Waals surface area (Å²) in [6.07, 6.45) is 0. The third-order valence-electron chi connectivity index (χ3n) is 3.42. The van der Waals surface area contributed by atoms with Crippen molar-refractivity contribution in [3.05, 3.63) is 47.5 Å². The highest BCUT2D eigenvalue weighted by atomic mass is 16.3. The van der Waals surface area contributed by atoms with Crippen molar-refractivity contribution in [2.75, 3.05) is 0 Å². The third kappa shape index (κ3) is 2.03. The summed E-state index contributed by atoms with van der Waals surface area (Å²) in [6, 6.07) is 11.6. The van der Waals surface area contributed by atoms with E-state index in [4.69, 9.17) is 0 Å². The molecule has 0 aliphatic carbocycles. The Labute approximate surface area is 117 Å². The molecule has 0 bridgehead atoms. The first-order valence-corrected chi connectivity index (χ1v) is 6.72. The van der Waals surface area contributed by atoms with Crippen LogP contribution in [0, 0.1) is 6.92 Å². The van der Waals surface area contributed by atoms with Gasteiger partial charge in [0.15, 0.2) is 0 Å². The molecule has 0 aliphatic heterocycles. The van der Waals surface area contributed by atoms with E-state index in [1.807, 2.05) is 43.3 Å². The van der Waals surface area contributed by atoms with Gasteiger partial charge in [0.2, 0.25) is 0 Å². The molecule has 0 radical (unpaired) electrons. The minimum absolute atomic E-state index is 0.250. The Hall–Kier alpha value is -2.36. The number of benzene rings is 2. The molecule has 0 amide bonds. The molecule has 4 heteroatoms. The lowest BCUT2D eigenvalue weighted by Crippen LogP contribution is -2.01. The molecule has 3 rings (SSSR count). The van der Waals surface area contributed by atoms with Gasteiger partial charge in [0.05, 0.1) is 0 Å². The number of para-hydroxylation sites is 1. The van der Waals surface area contributed by atoms with Crippen molar-refractivity contribution in [1.82, 2.24) is 15.0 Å².